The molecule has 2 amide bonds. The zero-order valence-corrected chi connectivity index (χ0v) is 15.7. The predicted molar refractivity (Wildman–Crippen MR) is 90.7 cm³/mol. The zero-order valence-electron chi connectivity index (χ0n) is 12.3. The highest BCUT2D eigenvalue weighted by Crippen LogP contribution is 2.42. The molecule has 0 aromatic rings. The summed E-state index contributed by atoms with van der Waals surface area (Å²) in [5.41, 5.74) is 15.5. The molecule has 0 bridgehead atoms. The van der Waals surface area contributed by atoms with Crippen LogP contribution in [0.3, 0.4) is 0 Å². The quantitative estimate of drug-likeness (QED) is 0.0984. The van der Waals surface area contributed by atoms with Gasteiger partial charge in [0.1, 0.15) is 12.6 Å². The summed E-state index contributed by atoms with van der Waals surface area (Å²) in [6.07, 6.45) is -2.09. The summed E-state index contributed by atoms with van der Waals surface area (Å²) >= 11 is 0. The lowest BCUT2D eigenvalue weighted by molar-refractivity contribution is -0.122. The largest absolute Gasteiger partial charge is 0.368 e. The number of hydrogen-bond donors (Lipinski definition) is 7. The number of primary amides is 2. The fraction of sp³-hybridized carbons (Fsp3) is 0.750. The summed E-state index contributed by atoms with van der Waals surface area (Å²) in [6.45, 7) is 0. The number of nitrogens with zero attached hydrogens (tertiary/aromatic N) is 1. The van der Waals surface area contributed by atoms with Crippen molar-refractivity contribution < 1.29 is 38.3 Å². The number of amides is 2. The lowest BCUT2D eigenvalue weighted by atomic mass is 10.3. The molecule has 0 saturated carbocycles. The van der Waals surface area contributed by atoms with Gasteiger partial charge in [-0.05, 0) is 0 Å². The Morgan fingerprint density at radius 1 is 0.917 bits per heavy atom. The molecule has 0 fully saturated rings. The van der Waals surface area contributed by atoms with E-state index in [1.165, 1.54) is 0 Å². The number of rotatable bonds is 12. The summed E-state index contributed by atoms with van der Waals surface area (Å²) in [6, 6.07) is -2.26. The highest BCUT2D eigenvalue weighted by Gasteiger charge is 2.34. The predicted octanol–water partition coefficient (Wildman–Crippen LogP) is -2.39. The van der Waals surface area contributed by atoms with Crippen LogP contribution in [0.2, 0.25) is 0 Å². The lowest BCUT2D eigenvalue weighted by Crippen LogP contribution is -2.47. The topological polar surface area (TPSA) is 230 Å². The first kappa shape index (κ1) is 23.9. The first-order valence-corrected chi connectivity index (χ1v) is 12.2. The van der Waals surface area contributed by atoms with Crippen LogP contribution in [0.4, 0.5) is 0 Å². The summed E-state index contributed by atoms with van der Waals surface area (Å²) in [7, 11) is -7.33. The van der Waals surface area contributed by atoms with Crippen LogP contribution in [0.25, 0.3) is 0 Å². The maximum absolute atomic E-state index is 11.5. The van der Waals surface area contributed by atoms with Crippen LogP contribution in [-0.2, 0) is 18.7 Å². The van der Waals surface area contributed by atoms with E-state index in [2.05, 4.69) is 0 Å². The van der Waals surface area contributed by atoms with Gasteiger partial charge in [-0.3, -0.25) is 23.6 Å². The molecular weight excluding hydrogens is 406 g/mol. The van der Waals surface area contributed by atoms with Gasteiger partial charge in [0.05, 0.1) is 12.1 Å². The molecule has 0 rings (SSSR count). The molecule has 0 spiro atoms. The molecule has 16 heteroatoms. The van der Waals surface area contributed by atoms with E-state index >= 15 is 0 Å². The first-order chi connectivity index (χ1) is 10.7. The molecular formula is C8H20N4O8P2S2. The smallest absolute Gasteiger partial charge is 0.339 e. The molecule has 142 valence electrons. The Kier molecular flexibility index (Phi) is 10.1. The Balaban J connectivity index is 4.92. The van der Waals surface area contributed by atoms with Crippen LogP contribution in [0.15, 0.2) is 0 Å². The van der Waals surface area contributed by atoms with Gasteiger partial charge in [-0.15, -0.1) is 0 Å². The molecule has 10 N–H and O–H groups in total. The Morgan fingerprint density at radius 2 is 1.33 bits per heavy atom. The molecule has 0 radical (unpaired) electrons. The van der Waals surface area contributed by atoms with E-state index in [0.717, 1.165) is 21.6 Å². The van der Waals surface area contributed by atoms with Crippen molar-refractivity contribution in [3.05, 3.63) is 0 Å². The summed E-state index contributed by atoms with van der Waals surface area (Å²) in [5.74, 6) is -1.75. The van der Waals surface area contributed by atoms with Crippen LogP contribution >= 0.6 is 36.8 Å². The molecule has 0 heterocycles. The highest BCUT2D eigenvalue weighted by atomic mass is 33.1. The van der Waals surface area contributed by atoms with Gasteiger partial charge in [0.2, 0.25) is 11.8 Å². The van der Waals surface area contributed by atoms with Gasteiger partial charge in [0, 0.05) is 11.5 Å². The monoisotopic (exact) mass is 426 g/mol. The van der Waals surface area contributed by atoms with Gasteiger partial charge in [-0.25, -0.2) is 0 Å². The van der Waals surface area contributed by atoms with Gasteiger partial charge in [-0.1, -0.05) is 21.6 Å². The van der Waals surface area contributed by atoms with Gasteiger partial charge in [0.25, 0.3) is 0 Å². The number of hydrogen-bond acceptors (Lipinski definition) is 8. The Labute approximate surface area is 145 Å². The SMILES string of the molecule is NC(=O)C(N)CSSC[C@@H](C(N)=O)N(CP(=O)(O)O)CP(=O)(O)O. The average Bonchev–Trinajstić information content (AvgIpc) is 2.33. The molecule has 0 aromatic heterocycles. The van der Waals surface area contributed by atoms with Crippen molar-refractivity contribution in [1.82, 2.24) is 4.90 Å². The summed E-state index contributed by atoms with van der Waals surface area (Å²) < 4.78 is 22.2. The second-order valence-electron chi connectivity index (χ2n) is 4.70. The van der Waals surface area contributed by atoms with Crippen molar-refractivity contribution in [2.45, 2.75) is 12.1 Å². The molecule has 0 aliphatic rings. The molecule has 0 aliphatic heterocycles. The van der Waals surface area contributed by atoms with Gasteiger partial charge >= 0.3 is 15.2 Å². The maximum atomic E-state index is 11.5. The minimum absolute atomic E-state index is 0.114. The lowest BCUT2D eigenvalue weighted by Gasteiger charge is -2.29. The van der Waals surface area contributed by atoms with Crippen molar-refractivity contribution in [3.63, 3.8) is 0 Å². The normalized spacial score (nSPS) is 15.2. The van der Waals surface area contributed by atoms with Crippen molar-refractivity contribution in [3.8, 4) is 0 Å². The van der Waals surface area contributed by atoms with E-state index in [9.17, 15) is 18.7 Å². The first-order valence-electron chi connectivity index (χ1n) is 6.15. The number of carbonyl (C=O) groups excluding carboxylic acids is 2. The van der Waals surface area contributed by atoms with Crippen LogP contribution in [-0.4, -0.2) is 72.4 Å². The van der Waals surface area contributed by atoms with Gasteiger partial charge in [0.15, 0.2) is 0 Å². The number of nitrogens with two attached hydrogens (primary N) is 3. The van der Waals surface area contributed by atoms with Crippen LogP contribution in [0.1, 0.15) is 0 Å². The molecule has 0 saturated heterocycles. The third-order valence-electron chi connectivity index (χ3n) is 2.42. The van der Waals surface area contributed by atoms with Gasteiger partial charge in [-0.2, -0.15) is 0 Å². The van der Waals surface area contributed by atoms with E-state index in [0.29, 0.717) is 4.90 Å². The Hall–Kier alpha value is -0.140. The minimum Gasteiger partial charge on any atom is -0.368 e. The van der Waals surface area contributed by atoms with Crippen LogP contribution < -0.4 is 17.2 Å². The molecule has 12 nitrogen and oxygen atoms in total. The van der Waals surface area contributed by atoms with Crippen LogP contribution in [0.5, 0.6) is 0 Å². The highest BCUT2D eigenvalue weighted by molar-refractivity contribution is 8.76. The fourth-order valence-corrected chi connectivity index (χ4v) is 5.51. The second-order valence-corrected chi connectivity index (χ2v) is 10.5. The van der Waals surface area contributed by atoms with E-state index in [1.54, 1.807) is 0 Å². The Morgan fingerprint density at radius 3 is 1.67 bits per heavy atom. The second kappa shape index (κ2) is 10.1. The van der Waals surface area contributed by atoms with Gasteiger partial charge < -0.3 is 36.8 Å². The summed E-state index contributed by atoms with van der Waals surface area (Å²) in [5, 5.41) is 0. The summed E-state index contributed by atoms with van der Waals surface area (Å²) in [4.78, 5) is 58.9. The van der Waals surface area contributed by atoms with Crippen LogP contribution in [0, 0.1) is 0 Å². The van der Waals surface area contributed by atoms with E-state index in [1.807, 2.05) is 0 Å². The zero-order chi connectivity index (χ0) is 19.1. The Bertz CT molecular complexity index is 516. The third-order valence-corrected chi connectivity index (χ3v) is 6.32. The average molecular weight is 426 g/mol. The van der Waals surface area contributed by atoms with E-state index in [4.69, 9.17) is 36.8 Å². The standard InChI is InChI=1S/C8H20N4O8P2S2/c9-5(7(10)13)1-23-24-2-6(8(11)14)12(3-21(15,16)17)4-22(18,19)20/h5-6H,1-4,9H2,(H2,10,13)(H2,11,14)(H2,15,16,17)(H2,18,19,20)/t5?,6-/m0/s1. The van der Waals surface area contributed by atoms with E-state index < -0.39 is 51.7 Å². The molecule has 0 aromatic carbocycles. The molecule has 0 aliphatic carbocycles. The maximum Gasteiger partial charge on any atom is 0.339 e. The van der Waals surface area contributed by atoms with Crippen molar-refractivity contribution >= 4 is 48.6 Å². The minimum atomic E-state index is -4.69. The fourth-order valence-electron chi connectivity index (χ4n) is 1.40. The number of carbonyl (C=O) groups is 2. The molecule has 1 unspecified atom stereocenters. The molecule has 2 atom stereocenters. The third kappa shape index (κ3) is 11.4. The van der Waals surface area contributed by atoms with Crippen molar-refractivity contribution in [1.29, 1.82) is 0 Å². The van der Waals surface area contributed by atoms with Crippen molar-refractivity contribution in [2.24, 2.45) is 17.2 Å². The van der Waals surface area contributed by atoms with E-state index in [-0.39, 0.29) is 11.5 Å². The molecule has 24 heavy (non-hydrogen) atoms. The van der Waals surface area contributed by atoms with Crippen molar-refractivity contribution in [2.75, 3.05) is 24.1 Å².